The van der Waals surface area contributed by atoms with Crippen molar-refractivity contribution >= 4 is 22.9 Å². The molecule has 1 N–H and O–H groups in total. The lowest BCUT2D eigenvalue weighted by Gasteiger charge is -2.14. The van der Waals surface area contributed by atoms with E-state index in [1.807, 2.05) is 24.3 Å². The van der Waals surface area contributed by atoms with E-state index in [2.05, 4.69) is 15.5 Å². The van der Waals surface area contributed by atoms with E-state index in [-0.39, 0.29) is 6.04 Å². The number of aromatic nitrogens is 2. The Kier molecular flexibility index (Phi) is 4.15. The van der Waals surface area contributed by atoms with Crippen LogP contribution in [0.4, 0.5) is 0 Å². The predicted octanol–water partition coefficient (Wildman–Crippen LogP) is 3.30. The number of hydrogen-bond donors (Lipinski definition) is 1. The van der Waals surface area contributed by atoms with Gasteiger partial charge < -0.3 is 14.3 Å². The van der Waals surface area contributed by atoms with Crippen molar-refractivity contribution < 1.29 is 8.94 Å². The number of rotatable bonds is 6. The van der Waals surface area contributed by atoms with Crippen molar-refractivity contribution in [3.63, 3.8) is 0 Å². The van der Waals surface area contributed by atoms with Gasteiger partial charge in [-0.05, 0) is 24.3 Å². The summed E-state index contributed by atoms with van der Waals surface area (Å²) in [6, 6.07) is 7.69. The normalized spacial score (nSPS) is 12.7. The van der Waals surface area contributed by atoms with Crippen molar-refractivity contribution in [2.45, 2.75) is 12.5 Å². The van der Waals surface area contributed by atoms with Crippen LogP contribution in [0.2, 0.25) is 4.34 Å². The molecule has 7 heteroatoms. The van der Waals surface area contributed by atoms with E-state index in [1.54, 1.807) is 6.26 Å². The lowest BCUT2D eigenvalue weighted by atomic mass is 10.2. The molecule has 0 radical (unpaired) electrons. The lowest BCUT2D eigenvalue weighted by Crippen LogP contribution is -2.24. The molecule has 3 aromatic heterocycles. The average Bonchev–Trinajstić information content (AvgIpc) is 3.17. The summed E-state index contributed by atoms with van der Waals surface area (Å²) in [6.45, 7) is 0.709. The minimum absolute atomic E-state index is 0.0191. The molecule has 0 saturated carbocycles. The maximum atomic E-state index is 6.01. The van der Waals surface area contributed by atoms with Crippen LogP contribution in [0.25, 0.3) is 0 Å². The molecule has 0 aliphatic carbocycles. The first-order valence-electron chi connectivity index (χ1n) is 6.10. The first kappa shape index (κ1) is 13.4. The Morgan fingerprint density at radius 3 is 2.95 bits per heavy atom. The topological polar surface area (TPSA) is 64.1 Å². The summed E-state index contributed by atoms with van der Waals surface area (Å²) in [4.78, 5) is 5.10. The van der Waals surface area contributed by atoms with Crippen LogP contribution in [0.5, 0.6) is 0 Å². The summed E-state index contributed by atoms with van der Waals surface area (Å²) in [5.74, 6) is 1.54. The van der Waals surface area contributed by atoms with Crippen molar-refractivity contribution in [1.29, 1.82) is 0 Å². The highest BCUT2D eigenvalue weighted by Gasteiger charge is 2.18. The molecular formula is C13H12ClN3O2S. The molecule has 20 heavy (non-hydrogen) atoms. The van der Waals surface area contributed by atoms with Crippen LogP contribution in [0.15, 0.2) is 45.9 Å². The first-order chi connectivity index (χ1) is 9.83. The van der Waals surface area contributed by atoms with E-state index in [0.29, 0.717) is 18.8 Å². The number of halogens is 1. The van der Waals surface area contributed by atoms with E-state index in [4.69, 9.17) is 20.5 Å². The third-order valence-corrected chi connectivity index (χ3v) is 4.11. The number of thiophene rings is 1. The van der Waals surface area contributed by atoms with Crippen LogP contribution in [0, 0.1) is 0 Å². The van der Waals surface area contributed by atoms with Gasteiger partial charge in [0, 0.05) is 17.8 Å². The van der Waals surface area contributed by atoms with Crippen LogP contribution in [0.3, 0.4) is 0 Å². The summed E-state index contributed by atoms with van der Waals surface area (Å²) in [7, 11) is 0. The monoisotopic (exact) mass is 309 g/mol. The van der Waals surface area contributed by atoms with E-state index in [0.717, 1.165) is 15.0 Å². The van der Waals surface area contributed by atoms with Crippen LogP contribution in [-0.4, -0.2) is 16.7 Å². The highest BCUT2D eigenvalue weighted by Crippen LogP contribution is 2.31. The Balaban J connectivity index is 1.70. The third kappa shape index (κ3) is 3.09. The van der Waals surface area contributed by atoms with Crippen molar-refractivity contribution in [2.75, 3.05) is 6.54 Å². The van der Waals surface area contributed by atoms with Gasteiger partial charge in [0.2, 0.25) is 6.39 Å². The second-order valence-electron chi connectivity index (χ2n) is 4.14. The lowest BCUT2D eigenvalue weighted by molar-refractivity contribution is 0.407. The Labute approximate surface area is 124 Å². The van der Waals surface area contributed by atoms with Crippen LogP contribution >= 0.6 is 22.9 Å². The van der Waals surface area contributed by atoms with Gasteiger partial charge in [0.15, 0.2) is 5.82 Å². The molecule has 3 rings (SSSR count). The second kappa shape index (κ2) is 6.21. The molecule has 0 fully saturated rings. The van der Waals surface area contributed by atoms with Crippen molar-refractivity contribution in [3.05, 3.63) is 57.7 Å². The fourth-order valence-corrected chi connectivity index (χ4v) is 3.06. The molecule has 1 unspecified atom stereocenters. The maximum absolute atomic E-state index is 6.01. The zero-order chi connectivity index (χ0) is 13.8. The van der Waals surface area contributed by atoms with E-state index >= 15 is 0 Å². The van der Waals surface area contributed by atoms with Crippen molar-refractivity contribution in [2.24, 2.45) is 0 Å². The molecule has 3 aromatic rings. The SMILES string of the molecule is Clc1ccc(C(NCCc2ncon2)c2ccco2)s1. The highest BCUT2D eigenvalue weighted by atomic mass is 35.5. The van der Waals surface area contributed by atoms with Crippen molar-refractivity contribution in [3.8, 4) is 0 Å². The minimum Gasteiger partial charge on any atom is -0.467 e. The molecule has 0 saturated heterocycles. The smallest absolute Gasteiger partial charge is 0.213 e. The zero-order valence-corrected chi connectivity index (χ0v) is 12.0. The Hall–Kier alpha value is -1.63. The van der Waals surface area contributed by atoms with Gasteiger partial charge >= 0.3 is 0 Å². The van der Waals surface area contributed by atoms with Gasteiger partial charge in [0.25, 0.3) is 0 Å². The van der Waals surface area contributed by atoms with Gasteiger partial charge in [0.05, 0.1) is 10.6 Å². The van der Waals surface area contributed by atoms with E-state index in [1.165, 1.54) is 17.7 Å². The molecule has 0 spiro atoms. The molecule has 5 nitrogen and oxygen atoms in total. The summed E-state index contributed by atoms with van der Waals surface area (Å²) < 4.78 is 11.0. The molecule has 0 amide bonds. The molecule has 0 aliphatic heterocycles. The first-order valence-corrected chi connectivity index (χ1v) is 7.29. The van der Waals surface area contributed by atoms with Gasteiger partial charge in [0.1, 0.15) is 11.8 Å². The number of nitrogens with zero attached hydrogens (tertiary/aromatic N) is 2. The Morgan fingerprint density at radius 2 is 2.30 bits per heavy atom. The van der Waals surface area contributed by atoms with Crippen LogP contribution in [0.1, 0.15) is 22.5 Å². The van der Waals surface area contributed by atoms with Gasteiger partial charge in [-0.3, -0.25) is 0 Å². The van der Waals surface area contributed by atoms with E-state index < -0.39 is 0 Å². The zero-order valence-electron chi connectivity index (χ0n) is 10.5. The van der Waals surface area contributed by atoms with E-state index in [9.17, 15) is 0 Å². The molecule has 104 valence electrons. The van der Waals surface area contributed by atoms with Gasteiger partial charge in [-0.15, -0.1) is 11.3 Å². The standard InChI is InChI=1S/C13H12ClN3O2S/c14-11-4-3-10(20-11)13(9-2-1-7-18-9)15-6-5-12-16-8-19-17-12/h1-4,7-8,13,15H,5-6H2. The predicted molar refractivity (Wildman–Crippen MR) is 75.9 cm³/mol. The number of nitrogens with one attached hydrogen (secondary N) is 1. The van der Waals surface area contributed by atoms with Crippen LogP contribution < -0.4 is 5.32 Å². The molecule has 0 aliphatic rings. The highest BCUT2D eigenvalue weighted by molar-refractivity contribution is 7.16. The number of hydrogen-bond acceptors (Lipinski definition) is 6. The number of furan rings is 1. The summed E-state index contributed by atoms with van der Waals surface area (Å²) >= 11 is 7.54. The largest absolute Gasteiger partial charge is 0.467 e. The van der Waals surface area contributed by atoms with Crippen molar-refractivity contribution in [1.82, 2.24) is 15.5 Å². The third-order valence-electron chi connectivity index (χ3n) is 2.81. The van der Waals surface area contributed by atoms with Gasteiger partial charge in [-0.2, -0.15) is 4.98 Å². The maximum Gasteiger partial charge on any atom is 0.213 e. The summed E-state index contributed by atoms with van der Waals surface area (Å²) in [5.41, 5.74) is 0. The molecule has 0 aromatic carbocycles. The quantitative estimate of drug-likeness (QED) is 0.757. The van der Waals surface area contributed by atoms with Gasteiger partial charge in [-0.1, -0.05) is 16.8 Å². The fourth-order valence-electron chi connectivity index (χ4n) is 1.91. The summed E-state index contributed by atoms with van der Waals surface area (Å²) in [5, 5.41) is 7.21. The minimum atomic E-state index is -0.0191. The Bertz CT molecular complexity index is 636. The Morgan fingerprint density at radius 1 is 1.35 bits per heavy atom. The van der Waals surface area contributed by atoms with Crippen LogP contribution in [-0.2, 0) is 6.42 Å². The van der Waals surface area contributed by atoms with Gasteiger partial charge in [-0.25, -0.2) is 0 Å². The molecule has 3 heterocycles. The second-order valence-corrected chi connectivity index (χ2v) is 5.89. The summed E-state index contributed by atoms with van der Waals surface area (Å²) in [6.07, 6.45) is 3.68. The molecule has 0 bridgehead atoms. The average molecular weight is 310 g/mol. The molecule has 1 atom stereocenters. The molecular weight excluding hydrogens is 298 g/mol. The fraction of sp³-hybridized carbons (Fsp3) is 0.231.